The minimum Gasteiger partial charge on any atom is -0.326 e. The summed E-state index contributed by atoms with van der Waals surface area (Å²) in [6.45, 7) is 1.44. The number of amides is 2. The molecule has 2 rings (SSSR count). The molecule has 1 saturated carbocycles. The standard InChI is InChI=1S/C13H17N3O2/c1-9(17)15-10-4-2-5-11(8-10)16-12(18)13(14)6-3-7-13/h2,4-5,8H,3,6-7,14H2,1H3,(H,15,17)(H,16,18). The lowest BCUT2D eigenvalue weighted by atomic mass is 9.77. The van der Waals surface area contributed by atoms with Crippen molar-refractivity contribution in [2.24, 2.45) is 5.73 Å². The smallest absolute Gasteiger partial charge is 0.244 e. The minimum atomic E-state index is -0.718. The molecule has 2 amide bonds. The van der Waals surface area contributed by atoms with Gasteiger partial charge >= 0.3 is 0 Å². The van der Waals surface area contributed by atoms with Gasteiger partial charge in [-0.05, 0) is 37.5 Å². The fourth-order valence-corrected chi connectivity index (χ4v) is 1.92. The first kappa shape index (κ1) is 12.6. The Kier molecular flexibility index (Phi) is 3.34. The molecule has 1 aromatic carbocycles. The van der Waals surface area contributed by atoms with Gasteiger partial charge in [-0.1, -0.05) is 6.07 Å². The predicted octanol–water partition coefficient (Wildman–Crippen LogP) is 1.46. The van der Waals surface area contributed by atoms with Crippen LogP contribution in [0.2, 0.25) is 0 Å². The molecule has 0 aromatic heterocycles. The van der Waals surface area contributed by atoms with Crippen LogP contribution >= 0.6 is 0 Å². The number of hydrogen-bond acceptors (Lipinski definition) is 3. The van der Waals surface area contributed by atoms with E-state index in [1.54, 1.807) is 24.3 Å². The van der Waals surface area contributed by atoms with E-state index >= 15 is 0 Å². The van der Waals surface area contributed by atoms with E-state index in [1.165, 1.54) is 6.92 Å². The van der Waals surface area contributed by atoms with Gasteiger partial charge < -0.3 is 16.4 Å². The SMILES string of the molecule is CC(=O)Nc1cccc(NC(=O)C2(N)CCC2)c1. The second kappa shape index (κ2) is 4.78. The van der Waals surface area contributed by atoms with Crippen molar-refractivity contribution in [3.63, 3.8) is 0 Å². The number of rotatable bonds is 3. The van der Waals surface area contributed by atoms with Gasteiger partial charge in [0.2, 0.25) is 11.8 Å². The number of benzene rings is 1. The molecule has 0 radical (unpaired) electrons. The number of anilines is 2. The van der Waals surface area contributed by atoms with Crippen LogP contribution < -0.4 is 16.4 Å². The van der Waals surface area contributed by atoms with Crippen molar-refractivity contribution in [1.82, 2.24) is 0 Å². The first-order valence-electron chi connectivity index (χ1n) is 5.98. The predicted molar refractivity (Wildman–Crippen MR) is 70.1 cm³/mol. The van der Waals surface area contributed by atoms with E-state index in [0.29, 0.717) is 11.4 Å². The van der Waals surface area contributed by atoms with Crippen LogP contribution in [0.25, 0.3) is 0 Å². The second-order valence-electron chi connectivity index (χ2n) is 4.73. The zero-order valence-electron chi connectivity index (χ0n) is 10.3. The Hall–Kier alpha value is -1.88. The van der Waals surface area contributed by atoms with Gasteiger partial charge in [0, 0.05) is 18.3 Å². The van der Waals surface area contributed by atoms with Crippen molar-refractivity contribution in [2.45, 2.75) is 31.7 Å². The van der Waals surface area contributed by atoms with E-state index in [1.807, 2.05) is 0 Å². The maximum Gasteiger partial charge on any atom is 0.244 e. The third-order valence-electron chi connectivity index (χ3n) is 3.14. The van der Waals surface area contributed by atoms with Gasteiger partial charge in [-0.25, -0.2) is 0 Å². The Morgan fingerprint density at radius 3 is 2.33 bits per heavy atom. The van der Waals surface area contributed by atoms with Crippen LogP contribution in [0.3, 0.4) is 0 Å². The molecule has 0 unspecified atom stereocenters. The highest BCUT2D eigenvalue weighted by Crippen LogP contribution is 2.30. The van der Waals surface area contributed by atoms with Crippen LogP contribution in [-0.4, -0.2) is 17.4 Å². The summed E-state index contributed by atoms with van der Waals surface area (Å²) < 4.78 is 0. The van der Waals surface area contributed by atoms with Crippen molar-refractivity contribution in [1.29, 1.82) is 0 Å². The molecule has 0 spiro atoms. The van der Waals surface area contributed by atoms with Gasteiger partial charge in [0.05, 0.1) is 5.54 Å². The van der Waals surface area contributed by atoms with E-state index in [2.05, 4.69) is 10.6 Å². The van der Waals surface area contributed by atoms with Crippen molar-refractivity contribution in [3.8, 4) is 0 Å². The van der Waals surface area contributed by atoms with Gasteiger partial charge in [0.25, 0.3) is 0 Å². The van der Waals surface area contributed by atoms with Gasteiger partial charge in [0.1, 0.15) is 0 Å². The normalized spacial score (nSPS) is 16.6. The summed E-state index contributed by atoms with van der Waals surface area (Å²) in [6, 6.07) is 7.01. The molecule has 4 N–H and O–H groups in total. The molecule has 0 saturated heterocycles. The molecule has 5 heteroatoms. The molecule has 96 valence electrons. The zero-order valence-corrected chi connectivity index (χ0v) is 10.3. The summed E-state index contributed by atoms with van der Waals surface area (Å²) in [7, 11) is 0. The molecule has 18 heavy (non-hydrogen) atoms. The summed E-state index contributed by atoms with van der Waals surface area (Å²) >= 11 is 0. The van der Waals surface area contributed by atoms with E-state index in [-0.39, 0.29) is 11.8 Å². The Bertz CT molecular complexity index is 481. The average molecular weight is 247 g/mol. The number of carbonyl (C=O) groups excluding carboxylic acids is 2. The van der Waals surface area contributed by atoms with Crippen LogP contribution in [-0.2, 0) is 9.59 Å². The molecule has 0 atom stereocenters. The summed E-state index contributed by atoms with van der Waals surface area (Å²) in [6.07, 6.45) is 2.45. The third-order valence-corrected chi connectivity index (χ3v) is 3.14. The Morgan fingerprint density at radius 2 is 1.83 bits per heavy atom. The van der Waals surface area contributed by atoms with Crippen LogP contribution in [0.5, 0.6) is 0 Å². The number of hydrogen-bond donors (Lipinski definition) is 3. The van der Waals surface area contributed by atoms with E-state index in [9.17, 15) is 9.59 Å². The largest absolute Gasteiger partial charge is 0.326 e. The molecule has 1 aromatic rings. The summed E-state index contributed by atoms with van der Waals surface area (Å²) in [5.41, 5.74) is 6.51. The van der Waals surface area contributed by atoms with Crippen LogP contribution in [0.4, 0.5) is 11.4 Å². The molecule has 0 bridgehead atoms. The van der Waals surface area contributed by atoms with Gasteiger partial charge in [-0.15, -0.1) is 0 Å². The molecule has 5 nitrogen and oxygen atoms in total. The quantitative estimate of drug-likeness (QED) is 0.756. The molecule has 1 fully saturated rings. The Balaban J connectivity index is 2.05. The van der Waals surface area contributed by atoms with Crippen LogP contribution in [0, 0.1) is 0 Å². The van der Waals surface area contributed by atoms with E-state index in [0.717, 1.165) is 19.3 Å². The first-order chi connectivity index (χ1) is 8.49. The Morgan fingerprint density at radius 1 is 1.22 bits per heavy atom. The first-order valence-corrected chi connectivity index (χ1v) is 5.98. The zero-order chi connectivity index (χ0) is 13.2. The van der Waals surface area contributed by atoms with Gasteiger partial charge in [-0.2, -0.15) is 0 Å². The lowest BCUT2D eigenvalue weighted by Crippen LogP contribution is -2.56. The number of carbonyl (C=O) groups is 2. The van der Waals surface area contributed by atoms with Crippen molar-refractivity contribution < 1.29 is 9.59 Å². The average Bonchev–Trinajstić information content (AvgIpc) is 2.25. The van der Waals surface area contributed by atoms with Crippen LogP contribution in [0.1, 0.15) is 26.2 Å². The molecule has 0 heterocycles. The molecule has 0 aliphatic heterocycles. The minimum absolute atomic E-state index is 0.146. The van der Waals surface area contributed by atoms with E-state index < -0.39 is 5.54 Å². The Labute approximate surface area is 106 Å². The van der Waals surface area contributed by atoms with Crippen molar-refractivity contribution >= 4 is 23.2 Å². The summed E-state index contributed by atoms with van der Waals surface area (Å²) in [5.74, 6) is -0.304. The molecular weight excluding hydrogens is 230 g/mol. The topological polar surface area (TPSA) is 84.2 Å². The van der Waals surface area contributed by atoms with Crippen molar-refractivity contribution in [2.75, 3.05) is 10.6 Å². The van der Waals surface area contributed by atoms with Gasteiger partial charge in [-0.3, -0.25) is 9.59 Å². The maximum absolute atomic E-state index is 11.9. The fourth-order valence-electron chi connectivity index (χ4n) is 1.92. The highest BCUT2D eigenvalue weighted by molar-refractivity contribution is 5.99. The molecular formula is C13H17N3O2. The highest BCUT2D eigenvalue weighted by atomic mass is 16.2. The lowest BCUT2D eigenvalue weighted by molar-refractivity contribution is -0.123. The highest BCUT2D eigenvalue weighted by Gasteiger charge is 2.40. The number of nitrogens with one attached hydrogen (secondary N) is 2. The summed E-state index contributed by atoms with van der Waals surface area (Å²) in [4.78, 5) is 22.9. The van der Waals surface area contributed by atoms with Crippen LogP contribution in [0.15, 0.2) is 24.3 Å². The fraction of sp³-hybridized carbons (Fsp3) is 0.385. The lowest BCUT2D eigenvalue weighted by Gasteiger charge is -2.36. The monoisotopic (exact) mass is 247 g/mol. The molecule has 1 aliphatic rings. The number of nitrogens with two attached hydrogens (primary N) is 1. The maximum atomic E-state index is 11.9. The van der Waals surface area contributed by atoms with Gasteiger partial charge in [0.15, 0.2) is 0 Å². The van der Waals surface area contributed by atoms with Crippen molar-refractivity contribution in [3.05, 3.63) is 24.3 Å². The van der Waals surface area contributed by atoms with E-state index in [4.69, 9.17) is 5.73 Å². The third kappa shape index (κ3) is 2.68. The second-order valence-corrected chi connectivity index (χ2v) is 4.73. The summed E-state index contributed by atoms with van der Waals surface area (Å²) in [5, 5.41) is 5.45. The molecule has 1 aliphatic carbocycles.